The van der Waals surface area contributed by atoms with Crippen LogP contribution in [0.5, 0.6) is 5.75 Å². The molecule has 1 aromatic carbocycles. The molecule has 1 amide bonds. The van der Waals surface area contributed by atoms with Gasteiger partial charge in [0, 0.05) is 32.2 Å². The Balaban J connectivity index is 1.65. The lowest BCUT2D eigenvalue weighted by Crippen LogP contribution is -2.43. The van der Waals surface area contributed by atoms with E-state index in [1.807, 2.05) is 4.90 Å². The van der Waals surface area contributed by atoms with E-state index in [0.29, 0.717) is 17.9 Å². The molecule has 0 atom stereocenters. The van der Waals surface area contributed by atoms with Crippen molar-refractivity contribution >= 4 is 12.1 Å². The summed E-state index contributed by atoms with van der Waals surface area (Å²) in [6, 6.07) is 6.69. The third kappa shape index (κ3) is 3.06. The molecule has 0 N–H and O–H groups in total. The van der Waals surface area contributed by atoms with Crippen LogP contribution < -0.4 is 4.74 Å². The molecule has 3 fully saturated rings. The highest BCUT2D eigenvalue weighted by Crippen LogP contribution is 2.22. The molecule has 0 aliphatic carbocycles. The lowest BCUT2D eigenvalue weighted by Gasteiger charge is -2.30. The van der Waals surface area contributed by atoms with Crippen molar-refractivity contribution in [2.24, 2.45) is 0 Å². The predicted molar refractivity (Wildman–Crippen MR) is 80.0 cm³/mol. The van der Waals surface area contributed by atoms with Gasteiger partial charge in [0.25, 0.3) is 0 Å². The molecule has 22 heavy (non-hydrogen) atoms. The zero-order chi connectivity index (χ0) is 15.5. The number of rotatable bonds is 2. The maximum atomic E-state index is 12.4. The Labute approximate surface area is 129 Å². The van der Waals surface area contributed by atoms with Gasteiger partial charge in [0.05, 0.1) is 12.7 Å². The minimum atomic E-state index is -0.406. The van der Waals surface area contributed by atoms with E-state index < -0.39 is 5.97 Å². The number of carbonyl (C=O) groups is 2. The average Bonchev–Trinajstić information content (AvgIpc) is 2.88. The van der Waals surface area contributed by atoms with Crippen LogP contribution in [0.1, 0.15) is 23.2 Å². The van der Waals surface area contributed by atoms with Gasteiger partial charge in [0.1, 0.15) is 5.75 Å². The summed E-state index contributed by atoms with van der Waals surface area (Å²) in [7, 11) is 1.33. The Kier molecular flexibility index (Phi) is 4.29. The lowest BCUT2D eigenvalue weighted by molar-refractivity contribution is 0.0600. The number of esters is 1. The van der Waals surface area contributed by atoms with Crippen molar-refractivity contribution < 1.29 is 19.1 Å². The minimum Gasteiger partial charge on any atom is -0.465 e. The fourth-order valence-electron chi connectivity index (χ4n) is 3.06. The van der Waals surface area contributed by atoms with E-state index in [1.165, 1.54) is 7.11 Å². The first-order chi connectivity index (χ1) is 10.7. The summed E-state index contributed by atoms with van der Waals surface area (Å²) in [5, 5.41) is 0. The van der Waals surface area contributed by atoms with E-state index in [9.17, 15) is 9.59 Å². The second-order valence-corrected chi connectivity index (χ2v) is 5.65. The predicted octanol–water partition coefficient (Wildman–Crippen LogP) is 1.75. The van der Waals surface area contributed by atoms with Crippen LogP contribution in [0.4, 0.5) is 4.79 Å². The molecule has 3 saturated heterocycles. The molecule has 6 heteroatoms. The van der Waals surface area contributed by atoms with Crippen LogP contribution in [0, 0.1) is 0 Å². The molecule has 3 aliphatic rings. The summed E-state index contributed by atoms with van der Waals surface area (Å²) in [6.45, 7) is 3.74. The number of hydrogen-bond donors (Lipinski definition) is 0. The lowest BCUT2D eigenvalue weighted by atomic mass is 10.1. The zero-order valence-electron chi connectivity index (χ0n) is 12.7. The van der Waals surface area contributed by atoms with Crippen LogP contribution in [0.2, 0.25) is 0 Å². The van der Waals surface area contributed by atoms with Gasteiger partial charge in [-0.2, -0.15) is 0 Å². The van der Waals surface area contributed by atoms with Gasteiger partial charge in [-0.3, -0.25) is 0 Å². The number of methoxy groups -OCH3 is 1. The van der Waals surface area contributed by atoms with Crippen LogP contribution in [0.25, 0.3) is 0 Å². The highest BCUT2D eigenvalue weighted by Gasteiger charge is 2.32. The number of hydrogen-bond acceptors (Lipinski definition) is 5. The van der Waals surface area contributed by atoms with Crippen molar-refractivity contribution in [2.45, 2.75) is 18.9 Å². The Bertz CT molecular complexity index is 550. The maximum Gasteiger partial charge on any atom is 0.415 e. The average molecular weight is 304 g/mol. The molecule has 1 aromatic rings. The van der Waals surface area contributed by atoms with Gasteiger partial charge in [-0.1, -0.05) is 0 Å². The van der Waals surface area contributed by atoms with Gasteiger partial charge in [-0.25, -0.2) is 9.59 Å². The van der Waals surface area contributed by atoms with Crippen molar-refractivity contribution in [1.82, 2.24) is 9.80 Å². The van der Waals surface area contributed by atoms with Crippen LogP contribution >= 0.6 is 0 Å². The molecule has 118 valence electrons. The molecule has 6 nitrogen and oxygen atoms in total. The number of amides is 1. The number of piperidine rings is 1. The van der Waals surface area contributed by atoms with Crippen molar-refractivity contribution in [3.63, 3.8) is 0 Å². The van der Waals surface area contributed by atoms with E-state index >= 15 is 0 Å². The van der Waals surface area contributed by atoms with Gasteiger partial charge >= 0.3 is 12.1 Å². The Hall–Kier alpha value is -2.08. The molecule has 2 bridgehead atoms. The van der Waals surface area contributed by atoms with Gasteiger partial charge in [-0.15, -0.1) is 0 Å². The third-order valence-electron chi connectivity index (χ3n) is 4.37. The molecular formula is C16H20N2O4. The topological polar surface area (TPSA) is 59.1 Å². The van der Waals surface area contributed by atoms with Gasteiger partial charge < -0.3 is 19.3 Å². The molecule has 4 rings (SSSR count). The maximum absolute atomic E-state index is 12.4. The van der Waals surface area contributed by atoms with Crippen LogP contribution in [0.3, 0.4) is 0 Å². The zero-order valence-corrected chi connectivity index (χ0v) is 12.7. The van der Waals surface area contributed by atoms with E-state index in [-0.39, 0.29) is 12.1 Å². The third-order valence-corrected chi connectivity index (χ3v) is 4.37. The van der Waals surface area contributed by atoms with Gasteiger partial charge in [0.2, 0.25) is 0 Å². The normalized spacial score (nSPS) is 23.8. The van der Waals surface area contributed by atoms with E-state index in [1.54, 1.807) is 24.3 Å². The van der Waals surface area contributed by atoms with E-state index in [2.05, 4.69) is 9.64 Å². The number of carbonyl (C=O) groups excluding carboxylic acids is 2. The van der Waals surface area contributed by atoms with Crippen LogP contribution in [-0.2, 0) is 4.74 Å². The second-order valence-electron chi connectivity index (χ2n) is 5.65. The van der Waals surface area contributed by atoms with Gasteiger partial charge in [0.15, 0.2) is 0 Å². The smallest absolute Gasteiger partial charge is 0.415 e. The number of benzene rings is 1. The Morgan fingerprint density at radius 1 is 1.05 bits per heavy atom. The standard InChI is InChI=1S/C16H20N2O4/c1-21-15(19)12-2-4-14(5-3-12)22-16(20)18-11-10-17-8-6-13(18)7-9-17/h2-5,13H,6-11H2,1H3. The Morgan fingerprint density at radius 2 is 1.73 bits per heavy atom. The number of nitrogens with zero attached hydrogens (tertiary/aromatic N) is 2. The van der Waals surface area contributed by atoms with Crippen molar-refractivity contribution in [1.29, 1.82) is 0 Å². The molecule has 3 aliphatic heterocycles. The van der Waals surface area contributed by atoms with E-state index in [0.717, 1.165) is 32.5 Å². The summed E-state index contributed by atoms with van der Waals surface area (Å²) in [6.07, 6.45) is 1.71. The fourth-order valence-corrected chi connectivity index (χ4v) is 3.06. The fraction of sp³-hybridized carbons (Fsp3) is 0.500. The SMILES string of the molecule is COC(=O)c1ccc(OC(=O)N2CCN3CCC2CC3)cc1. The molecule has 0 spiro atoms. The highest BCUT2D eigenvalue weighted by atomic mass is 16.6. The first-order valence-electron chi connectivity index (χ1n) is 7.56. The molecule has 0 unspecified atom stereocenters. The largest absolute Gasteiger partial charge is 0.465 e. The summed E-state index contributed by atoms with van der Waals surface area (Å²) < 4.78 is 10.1. The minimum absolute atomic E-state index is 0.278. The molecule has 3 heterocycles. The van der Waals surface area contributed by atoms with Crippen molar-refractivity contribution in [2.75, 3.05) is 33.3 Å². The van der Waals surface area contributed by atoms with Gasteiger partial charge in [-0.05, 0) is 37.1 Å². The number of fused-ring (bicyclic) bond motifs is 4. The Morgan fingerprint density at radius 3 is 2.36 bits per heavy atom. The first kappa shape index (κ1) is 14.8. The van der Waals surface area contributed by atoms with Crippen molar-refractivity contribution in [3.8, 4) is 5.75 Å². The highest BCUT2D eigenvalue weighted by molar-refractivity contribution is 5.89. The summed E-state index contributed by atoms with van der Waals surface area (Å²) in [5.74, 6) is 0.0354. The van der Waals surface area contributed by atoms with Crippen LogP contribution in [0.15, 0.2) is 24.3 Å². The molecule has 0 radical (unpaired) electrons. The first-order valence-corrected chi connectivity index (χ1v) is 7.56. The number of ether oxygens (including phenoxy) is 2. The van der Waals surface area contributed by atoms with Crippen molar-refractivity contribution in [3.05, 3.63) is 29.8 Å². The summed E-state index contributed by atoms with van der Waals surface area (Å²) in [5.41, 5.74) is 0.434. The van der Waals surface area contributed by atoms with E-state index in [4.69, 9.17) is 4.74 Å². The molecular weight excluding hydrogens is 284 g/mol. The monoisotopic (exact) mass is 304 g/mol. The quantitative estimate of drug-likeness (QED) is 0.779. The van der Waals surface area contributed by atoms with Crippen LogP contribution in [-0.4, -0.2) is 61.2 Å². The second kappa shape index (κ2) is 6.36. The molecule has 0 saturated carbocycles. The summed E-state index contributed by atoms with van der Waals surface area (Å²) in [4.78, 5) is 28.0. The summed E-state index contributed by atoms with van der Waals surface area (Å²) >= 11 is 0. The molecule has 0 aromatic heterocycles.